The molecular weight excluding hydrogens is 410 g/mol. The van der Waals surface area contributed by atoms with Gasteiger partial charge in [-0.15, -0.1) is 0 Å². The van der Waals surface area contributed by atoms with Gasteiger partial charge in [-0.3, -0.25) is 0 Å². The number of anilines is 1. The molecule has 5 unspecified atom stereocenters. The lowest BCUT2D eigenvalue weighted by atomic mass is 9.82. The normalized spacial score (nSPS) is 30.7. The van der Waals surface area contributed by atoms with Crippen molar-refractivity contribution in [2.45, 2.75) is 108 Å². The van der Waals surface area contributed by atoms with Gasteiger partial charge in [0.2, 0.25) is 0 Å². The zero-order valence-electron chi connectivity index (χ0n) is 24.4. The maximum atomic E-state index is 4.35. The van der Waals surface area contributed by atoms with Gasteiger partial charge in [-0.05, 0) is 118 Å². The van der Waals surface area contributed by atoms with Crippen LogP contribution in [0.1, 0.15) is 105 Å². The highest BCUT2D eigenvalue weighted by Gasteiger charge is 2.18. The van der Waals surface area contributed by atoms with E-state index in [1.54, 1.807) is 5.57 Å². The lowest BCUT2D eigenvalue weighted by Gasteiger charge is -2.23. The first kappa shape index (κ1) is 30.3. The summed E-state index contributed by atoms with van der Waals surface area (Å²) in [6.07, 6.45) is 11.0. The molecule has 0 aromatic heterocycles. The van der Waals surface area contributed by atoms with E-state index in [4.69, 9.17) is 0 Å². The Morgan fingerprint density at radius 2 is 1.53 bits per heavy atom. The summed E-state index contributed by atoms with van der Waals surface area (Å²) in [5, 5.41) is 3.64. The van der Waals surface area contributed by atoms with E-state index >= 15 is 0 Å². The fourth-order valence-corrected chi connectivity index (χ4v) is 5.47. The third-order valence-corrected chi connectivity index (χ3v) is 7.76. The van der Waals surface area contributed by atoms with Gasteiger partial charge < -0.3 is 5.32 Å². The summed E-state index contributed by atoms with van der Waals surface area (Å²) in [6.45, 7) is 29.5. The van der Waals surface area contributed by atoms with Gasteiger partial charge in [0.25, 0.3) is 0 Å². The van der Waals surface area contributed by atoms with Crippen LogP contribution in [0.3, 0.4) is 0 Å². The predicted molar refractivity (Wildman–Crippen MR) is 156 cm³/mol. The predicted octanol–water partition coefficient (Wildman–Crippen LogP) is 10.4. The van der Waals surface area contributed by atoms with Crippen LogP contribution < -0.4 is 5.32 Å². The van der Waals surface area contributed by atoms with Crippen LogP contribution in [0.4, 0.5) is 5.69 Å². The topological polar surface area (TPSA) is 12.0 Å². The molecule has 1 N–H and O–H groups in total. The quantitative estimate of drug-likeness (QED) is 0.376. The highest BCUT2D eigenvalue weighted by Crippen LogP contribution is 2.31. The number of rotatable bonds is 0. The Morgan fingerprint density at radius 1 is 0.882 bits per heavy atom. The molecule has 2 bridgehead atoms. The van der Waals surface area contributed by atoms with Gasteiger partial charge in [-0.25, -0.2) is 0 Å². The molecule has 0 saturated carbocycles. The first-order valence-electron chi connectivity index (χ1n) is 13.9. The molecule has 2 rings (SSSR count). The van der Waals surface area contributed by atoms with Crippen molar-refractivity contribution < 1.29 is 0 Å². The molecule has 34 heavy (non-hydrogen) atoms. The molecule has 5 atom stereocenters. The van der Waals surface area contributed by atoms with Gasteiger partial charge >= 0.3 is 0 Å². The van der Waals surface area contributed by atoms with E-state index in [1.165, 1.54) is 47.2 Å². The Labute approximate surface area is 213 Å². The molecule has 0 amide bonds. The number of benzene rings is 1. The summed E-state index contributed by atoms with van der Waals surface area (Å²) in [7, 11) is 0. The zero-order chi connectivity index (χ0) is 26.0. The minimum Gasteiger partial charge on any atom is -0.356 e. The van der Waals surface area contributed by atoms with E-state index in [0.717, 1.165) is 24.5 Å². The molecule has 1 aromatic rings. The number of hydrogen-bond acceptors (Lipinski definition) is 1. The zero-order valence-corrected chi connectivity index (χ0v) is 24.4. The molecule has 1 aliphatic heterocycles. The van der Waals surface area contributed by atoms with Crippen LogP contribution in [0, 0.1) is 43.4 Å². The second-order valence-corrected chi connectivity index (χ2v) is 11.2. The summed E-state index contributed by atoms with van der Waals surface area (Å²) in [6, 6.07) is 4.65. The maximum Gasteiger partial charge on any atom is 0.0419 e. The van der Waals surface area contributed by atoms with E-state index in [0.29, 0.717) is 23.7 Å². The van der Waals surface area contributed by atoms with E-state index in [-0.39, 0.29) is 0 Å². The molecule has 1 nitrogen and oxygen atoms in total. The molecule has 0 radical (unpaired) electrons. The van der Waals surface area contributed by atoms with Crippen molar-refractivity contribution in [3.63, 3.8) is 0 Å². The summed E-state index contributed by atoms with van der Waals surface area (Å²) >= 11 is 0. The maximum absolute atomic E-state index is 4.35. The van der Waals surface area contributed by atoms with Crippen molar-refractivity contribution >= 4 is 5.69 Å². The van der Waals surface area contributed by atoms with Crippen LogP contribution in [0.5, 0.6) is 0 Å². The molecule has 1 heterocycles. The van der Waals surface area contributed by atoms with Crippen LogP contribution in [0.25, 0.3) is 0 Å². The first-order chi connectivity index (χ1) is 16.0. The molecule has 0 aliphatic carbocycles. The lowest BCUT2D eigenvalue weighted by Crippen LogP contribution is -2.12. The smallest absolute Gasteiger partial charge is 0.0419 e. The Bertz CT molecular complexity index is 840. The van der Waals surface area contributed by atoms with Crippen LogP contribution in [-0.2, 0) is 6.42 Å². The van der Waals surface area contributed by atoms with Crippen molar-refractivity contribution in [1.82, 2.24) is 0 Å². The average Bonchev–Trinajstić information content (AvgIpc) is 2.76. The van der Waals surface area contributed by atoms with Gasteiger partial charge in [-0.2, -0.15) is 0 Å². The standard InChI is InChI=1S/C31H49N.C2H6/c1-20-14-21(2)16-26(7)27(8)24(5)12-11-13-25(6)29(10)32-31-19-23(4)18-30(28(31)9)17-22(3)15-20;1-2/h13,16,18-22,24,27,32H,10-12,14-15,17H2,1-9H3;1-2H3/b25-13+,26-16+;. The lowest BCUT2D eigenvalue weighted by molar-refractivity contribution is 0.362. The van der Waals surface area contributed by atoms with Crippen LogP contribution >= 0.6 is 0 Å². The summed E-state index contributed by atoms with van der Waals surface area (Å²) in [5.41, 5.74) is 9.24. The summed E-state index contributed by atoms with van der Waals surface area (Å²) < 4.78 is 0. The second kappa shape index (κ2) is 14.6. The summed E-state index contributed by atoms with van der Waals surface area (Å²) in [5.74, 6) is 3.39. The molecule has 0 spiro atoms. The molecule has 1 heteroatoms. The van der Waals surface area contributed by atoms with Crippen molar-refractivity contribution in [2.24, 2.45) is 29.6 Å². The first-order valence-corrected chi connectivity index (χ1v) is 13.9. The number of hydrogen-bond donors (Lipinski definition) is 1. The van der Waals surface area contributed by atoms with E-state index in [1.807, 2.05) is 13.8 Å². The third-order valence-electron chi connectivity index (χ3n) is 7.76. The van der Waals surface area contributed by atoms with E-state index < -0.39 is 0 Å². The Hall–Kier alpha value is -1.76. The third kappa shape index (κ3) is 9.47. The average molecular weight is 466 g/mol. The van der Waals surface area contributed by atoms with Crippen LogP contribution in [0.15, 0.2) is 47.7 Å². The minimum absolute atomic E-state index is 0.635. The summed E-state index contributed by atoms with van der Waals surface area (Å²) in [4.78, 5) is 0. The fraction of sp³-hybridized carbons (Fsp3) is 0.636. The number of fused-ring (bicyclic) bond motifs is 2. The van der Waals surface area contributed by atoms with Crippen molar-refractivity contribution in [2.75, 3.05) is 5.32 Å². The second-order valence-electron chi connectivity index (χ2n) is 11.2. The Morgan fingerprint density at radius 3 is 2.18 bits per heavy atom. The SMILES string of the molecule is C=C1Nc2cc(C)cc(c2C)CC(C)CC(C)CC(C)/C=C(\C)C(C)C(C)CC/C=C/1C.CC. The van der Waals surface area contributed by atoms with Gasteiger partial charge in [0.15, 0.2) is 0 Å². The van der Waals surface area contributed by atoms with Gasteiger partial charge in [0.1, 0.15) is 0 Å². The highest BCUT2D eigenvalue weighted by molar-refractivity contribution is 5.61. The van der Waals surface area contributed by atoms with E-state index in [2.05, 4.69) is 98.5 Å². The van der Waals surface area contributed by atoms with Crippen molar-refractivity contribution in [1.29, 1.82) is 0 Å². The highest BCUT2D eigenvalue weighted by atomic mass is 14.9. The van der Waals surface area contributed by atoms with Gasteiger partial charge in [-0.1, -0.05) is 78.8 Å². The van der Waals surface area contributed by atoms with Gasteiger partial charge in [0.05, 0.1) is 0 Å². The largest absolute Gasteiger partial charge is 0.356 e. The fourth-order valence-electron chi connectivity index (χ4n) is 5.47. The minimum atomic E-state index is 0.635. The van der Waals surface area contributed by atoms with Crippen molar-refractivity contribution in [3.8, 4) is 0 Å². The molecule has 0 saturated heterocycles. The Balaban J connectivity index is 0.00000281. The van der Waals surface area contributed by atoms with Crippen LogP contribution in [-0.4, -0.2) is 0 Å². The number of nitrogens with one attached hydrogen (secondary N) is 1. The number of aryl methyl sites for hydroxylation is 1. The molecular formula is C33H55N. The Kier molecular flexibility index (Phi) is 13.0. The monoisotopic (exact) mass is 465 g/mol. The molecule has 1 aliphatic rings. The molecule has 192 valence electrons. The van der Waals surface area contributed by atoms with Gasteiger partial charge in [0, 0.05) is 11.4 Å². The van der Waals surface area contributed by atoms with Crippen molar-refractivity contribution in [3.05, 3.63) is 64.4 Å². The molecule has 0 fully saturated rings. The van der Waals surface area contributed by atoms with Crippen LogP contribution in [0.2, 0.25) is 0 Å². The number of allylic oxidation sites excluding steroid dienone is 4. The molecule has 1 aromatic carbocycles. The van der Waals surface area contributed by atoms with E-state index in [9.17, 15) is 0 Å².